The first-order chi connectivity index (χ1) is 16.5. The van der Waals surface area contributed by atoms with Crippen molar-refractivity contribution in [1.82, 2.24) is 0 Å². The molecule has 0 bridgehead atoms. The Hall–Kier alpha value is -2.33. The summed E-state index contributed by atoms with van der Waals surface area (Å²) in [4.78, 5) is 14.4. The van der Waals surface area contributed by atoms with Crippen LogP contribution in [-0.4, -0.2) is 38.7 Å². The number of allylic oxidation sites excluding steroid dienone is 5. The number of nitrogens with zero attached hydrogens (tertiary/aromatic N) is 1. The standard InChI is InChI=1S/C30H39NO3/c1-31(2)22-9-6-20(7-10-22)27-18-30(16-14-24(19-32)34-3)15-4-5-28(30)26-12-8-21-17-23(33)11-13-25(21)29(26)27/h6-7,9-10,14,17,26-28,32H,4-5,8,11-13,15-16,18-19H2,1-3H3/t26-,27+,28-,30?/m0/s1. The normalized spacial score (nSPS) is 30.9. The van der Waals surface area contributed by atoms with E-state index in [1.165, 1.54) is 41.7 Å². The van der Waals surface area contributed by atoms with E-state index in [2.05, 4.69) is 49.3 Å². The highest BCUT2D eigenvalue weighted by Gasteiger charge is 2.54. The molecular formula is C30H39NO3. The fourth-order valence-corrected chi connectivity index (χ4v) is 7.62. The zero-order chi connectivity index (χ0) is 23.9. The second kappa shape index (κ2) is 9.37. The molecule has 0 aromatic heterocycles. The molecule has 0 aliphatic heterocycles. The highest BCUT2D eigenvalue weighted by Crippen LogP contribution is 2.65. The van der Waals surface area contributed by atoms with Crippen molar-refractivity contribution in [2.24, 2.45) is 17.3 Å². The molecule has 2 saturated carbocycles. The number of carbonyl (C=O) groups excluding carboxylic acids is 1. The Kier molecular flexibility index (Phi) is 6.45. The minimum absolute atomic E-state index is 0.0341. The predicted molar refractivity (Wildman–Crippen MR) is 137 cm³/mol. The van der Waals surface area contributed by atoms with Crippen LogP contribution in [0.3, 0.4) is 0 Å². The van der Waals surface area contributed by atoms with Crippen LogP contribution in [0.25, 0.3) is 0 Å². The molecule has 0 saturated heterocycles. The summed E-state index contributed by atoms with van der Waals surface area (Å²) in [7, 11) is 5.84. The summed E-state index contributed by atoms with van der Waals surface area (Å²) in [5, 5.41) is 9.69. The molecule has 2 fully saturated rings. The summed E-state index contributed by atoms with van der Waals surface area (Å²) in [5.74, 6) is 2.67. The van der Waals surface area contributed by atoms with Crippen LogP contribution >= 0.6 is 0 Å². The maximum atomic E-state index is 12.2. The maximum absolute atomic E-state index is 12.2. The van der Waals surface area contributed by atoms with E-state index >= 15 is 0 Å². The van der Waals surface area contributed by atoms with Gasteiger partial charge in [-0.15, -0.1) is 0 Å². The number of aliphatic hydroxyl groups excluding tert-OH is 1. The molecule has 1 aromatic rings. The van der Waals surface area contributed by atoms with E-state index in [4.69, 9.17) is 4.74 Å². The van der Waals surface area contributed by atoms with Crippen molar-refractivity contribution in [1.29, 1.82) is 0 Å². The van der Waals surface area contributed by atoms with Gasteiger partial charge >= 0.3 is 0 Å². The number of hydrogen-bond acceptors (Lipinski definition) is 4. The second-order valence-corrected chi connectivity index (χ2v) is 11.1. The molecule has 0 heterocycles. The topological polar surface area (TPSA) is 49.8 Å². The number of carbonyl (C=O) groups is 1. The average molecular weight is 462 g/mol. The number of fused-ring (bicyclic) bond motifs is 4. The van der Waals surface area contributed by atoms with Gasteiger partial charge in [-0.2, -0.15) is 0 Å². The minimum atomic E-state index is -0.0341. The minimum Gasteiger partial charge on any atom is -0.499 e. The van der Waals surface area contributed by atoms with Gasteiger partial charge in [-0.1, -0.05) is 24.1 Å². The first-order valence-electron chi connectivity index (χ1n) is 13.0. The first-order valence-corrected chi connectivity index (χ1v) is 13.0. The SMILES string of the molecule is COC(=CCC12CCC[C@H]1[C@@H]1CCC3=CC(=O)CCC3=C1[C@@H](c1ccc(N(C)C)cc1)C2)CO. The van der Waals surface area contributed by atoms with Gasteiger partial charge in [0.2, 0.25) is 0 Å². The third-order valence-electron chi connectivity index (χ3n) is 9.23. The van der Waals surface area contributed by atoms with Gasteiger partial charge in [-0.25, -0.2) is 0 Å². The van der Waals surface area contributed by atoms with Crippen molar-refractivity contribution in [2.75, 3.05) is 32.7 Å². The summed E-state index contributed by atoms with van der Waals surface area (Å²) in [5.41, 5.74) is 7.39. The van der Waals surface area contributed by atoms with E-state index in [0.717, 1.165) is 32.1 Å². The monoisotopic (exact) mass is 461 g/mol. The van der Waals surface area contributed by atoms with Crippen molar-refractivity contribution in [3.63, 3.8) is 0 Å². The molecule has 4 nitrogen and oxygen atoms in total. The zero-order valence-electron chi connectivity index (χ0n) is 21.0. The second-order valence-electron chi connectivity index (χ2n) is 11.1. The van der Waals surface area contributed by atoms with Crippen molar-refractivity contribution in [2.45, 2.75) is 63.7 Å². The van der Waals surface area contributed by atoms with Crippen molar-refractivity contribution in [3.8, 4) is 0 Å². The molecular weight excluding hydrogens is 422 g/mol. The molecule has 0 amide bonds. The molecule has 1 aromatic carbocycles. The smallest absolute Gasteiger partial charge is 0.156 e. The van der Waals surface area contributed by atoms with Crippen LogP contribution < -0.4 is 4.90 Å². The number of anilines is 1. The summed E-state index contributed by atoms with van der Waals surface area (Å²) >= 11 is 0. The first kappa shape index (κ1) is 23.4. The van der Waals surface area contributed by atoms with Gasteiger partial charge in [0.15, 0.2) is 5.78 Å². The van der Waals surface area contributed by atoms with E-state index in [9.17, 15) is 9.90 Å². The summed E-state index contributed by atoms with van der Waals surface area (Å²) in [6.07, 6.45) is 13.9. The van der Waals surface area contributed by atoms with Gasteiger partial charge in [0.05, 0.1) is 7.11 Å². The number of hydrogen-bond donors (Lipinski definition) is 1. The lowest BCUT2D eigenvalue weighted by Crippen LogP contribution is -2.42. The van der Waals surface area contributed by atoms with Crippen molar-refractivity contribution < 1.29 is 14.6 Å². The van der Waals surface area contributed by atoms with Gasteiger partial charge in [0.1, 0.15) is 12.4 Å². The summed E-state index contributed by atoms with van der Waals surface area (Å²) in [6.45, 7) is -0.0341. The van der Waals surface area contributed by atoms with Crippen LogP contribution in [0.4, 0.5) is 5.69 Å². The third-order valence-corrected chi connectivity index (χ3v) is 9.23. The lowest BCUT2D eigenvalue weighted by molar-refractivity contribution is -0.114. The molecule has 4 heteroatoms. The van der Waals surface area contributed by atoms with Crippen LogP contribution in [0, 0.1) is 17.3 Å². The Balaban J connectivity index is 1.61. The Labute approximate surface area is 204 Å². The molecule has 34 heavy (non-hydrogen) atoms. The van der Waals surface area contributed by atoms with Gasteiger partial charge < -0.3 is 14.7 Å². The molecule has 1 unspecified atom stereocenters. The predicted octanol–water partition coefficient (Wildman–Crippen LogP) is 5.94. The van der Waals surface area contributed by atoms with E-state index in [0.29, 0.717) is 35.7 Å². The number of benzene rings is 1. The lowest BCUT2D eigenvalue weighted by atomic mass is 9.52. The van der Waals surface area contributed by atoms with Crippen LogP contribution in [-0.2, 0) is 9.53 Å². The van der Waals surface area contributed by atoms with Crippen LogP contribution in [0.5, 0.6) is 0 Å². The van der Waals surface area contributed by atoms with Crippen molar-refractivity contribution in [3.05, 3.63) is 64.5 Å². The third kappa shape index (κ3) is 4.04. The van der Waals surface area contributed by atoms with Gasteiger partial charge in [-0.3, -0.25) is 4.79 Å². The number of ketones is 1. The average Bonchev–Trinajstić information content (AvgIpc) is 3.28. The number of methoxy groups -OCH3 is 1. The quantitative estimate of drug-likeness (QED) is 0.533. The zero-order valence-corrected chi connectivity index (χ0v) is 21.0. The van der Waals surface area contributed by atoms with Gasteiger partial charge in [0.25, 0.3) is 0 Å². The summed E-state index contributed by atoms with van der Waals surface area (Å²) < 4.78 is 5.43. The fourth-order valence-electron chi connectivity index (χ4n) is 7.62. The van der Waals surface area contributed by atoms with Crippen LogP contribution in [0.2, 0.25) is 0 Å². The van der Waals surface area contributed by atoms with E-state index in [1.54, 1.807) is 12.7 Å². The Morgan fingerprint density at radius 3 is 2.68 bits per heavy atom. The fraction of sp³-hybridized carbons (Fsp3) is 0.567. The number of ether oxygens (including phenoxy) is 1. The van der Waals surface area contributed by atoms with Gasteiger partial charge in [0, 0.05) is 32.1 Å². The molecule has 4 aliphatic carbocycles. The molecule has 5 rings (SSSR count). The molecule has 0 radical (unpaired) electrons. The Bertz CT molecular complexity index is 1030. The van der Waals surface area contributed by atoms with E-state index < -0.39 is 0 Å². The van der Waals surface area contributed by atoms with E-state index in [1.807, 2.05) is 6.08 Å². The summed E-state index contributed by atoms with van der Waals surface area (Å²) in [6, 6.07) is 9.18. The number of rotatable bonds is 6. The maximum Gasteiger partial charge on any atom is 0.156 e. The molecule has 0 spiro atoms. The largest absolute Gasteiger partial charge is 0.499 e. The molecule has 182 valence electrons. The highest BCUT2D eigenvalue weighted by atomic mass is 16.5. The van der Waals surface area contributed by atoms with Gasteiger partial charge in [-0.05, 0) is 103 Å². The van der Waals surface area contributed by atoms with E-state index in [-0.39, 0.29) is 12.0 Å². The molecule has 4 aliphatic rings. The lowest BCUT2D eigenvalue weighted by Gasteiger charge is -2.52. The molecule has 1 N–H and O–H groups in total. The number of aliphatic hydroxyl groups is 1. The Morgan fingerprint density at radius 1 is 1.18 bits per heavy atom. The van der Waals surface area contributed by atoms with Crippen LogP contribution in [0.1, 0.15) is 69.3 Å². The van der Waals surface area contributed by atoms with Crippen molar-refractivity contribution >= 4 is 11.5 Å². The molecule has 4 atom stereocenters. The van der Waals surface area contributed by atoms with Crippen LogP contribution in [0.15, 0.2) is 58.9 Å². The Morgan fingerprint density at radius 2 is 1.97 bits per heavy atom. The highest BCUT2D eigenvalue weighted by molar-refractivity contribution is 5.93.